The van der Waals surface area contributed by atoms with E-state index in [1.807, 2.05) is 103 Å². The van der Waals surface area contributed by atoms with E-state index >= 15 is 0 Å². The fourth-order valence-electron chi connectivity index (χ4n) is 4.08. The third-order valence-electron chi connectivity index (χ3n) is 5.64. The number of hydrogen-bond donors (Lipinski definition) is 0. The molecule has 156 valence electrons. The first-order valence-corrected chi connectivity index (χ1v) is 10.5. The van der Waals surface area contributed by atoms with Crippen LogP contribution >= 0.6 is 0 Å². The van der Waals surface area contributed by atoms with Gasteiger partial charge in [-0.05, 0) is 17.7 Å². The normalized spacial score (nSPS) is 13.1. The summed E-state index contributed by atoms with van der Waals surface area (Å²) < 4.78 is 5.10. The monoisotopic (exact) mass is 419 g/mol. The van der Waals surface area contributed by atoms with Crippen molar-refractivity contribution >= 4 is 12.2 Å². The van der Waals surface area contributed by atoms with E-state index in [-0.39, 0.29) is 5.97 Å². The van der Waals surface area contributed by atoms with Gasteiger partial charge in [0, 0.05) is 22.3 Å². The zero-order valence-corrected chi connectivity index (χ0v) is 17.3. The Morgan fingerprint density at radius 1 is 0.750 bits per heavy atom. The van der Waals surface area contributed by atoms with E-state index in [0.717, 1.165) is 27.8 Å². The van der Waals surface area contributed by atoms with E-state index in [2.05, 4.69) is 5.16 Å². The topological polar surface area (TPSA) is 47.9 Å². The molecule has 4 aromatic carbocycles. The van der Waals surface area contributed by atoms with Gasteiger partial charge in [-0.2, -0.15) is 0 Å². The Morgan fingerprint density at radius 3 is 1.81 bits per heavy atom. The van der Waals surface area contributed by atoms with Crippen molar-refractivity contribution in [3.63, 3.8) is 0 Å². The van der Waals surface area contributed by atoms with Crippen molar-refractivity contribution in [3.8, 4) is 0 Å². The van der Waals surface area contributed by atoms with Crippen LogP contribution < -0.4 is 0 Å². The summed E-state index contributed by atoms with van der Waals surface area (Å²) in [5.41, 5.74) is 4.31. The van der Waals surface area contributed by atoms with Crippen molar-refractivity contribution in [3.05, 3.63) is 143 Å². The highest BCUT2D eigenvalue weighted by atomic mass is 16.6. The van der Waals surface area contributed by atoms with Crippen molar-refractivity contribution in [1.82, 2.24) is 0 Å². The first kappa shape index (κ1) is 19.8. The molecule has 1 aliphatic heterocycles. The number of oxime groups is 1. The lowest BCUT2D eigenvalue weighted by molar-refractivity contribution is 0.0183. The van der Waals surface area contributed by atoms with Crippen LogP contribution in [0.1, 0.15) is 38.2 Å². The van der Waals surface area contributed by atoms with Gasteiger partial charge in [-0.3, -0.25) is 0 Å². The van der Waals surface area contributed by atoms with Gasteiger partial charge in [-0.25, -0.2) is 4.79 Å². The van der Waals surface area contributed by atoms with Crippen LogP contribution in [-0.4, -0.2) is 12.2 Å². The molecule has 0 bridgehead atoms. The van der Waals surface area contributed by atoms with Crippen molar-refractivity contribution in [1.29, 1.82) is 0 Å². The highest BCUT2D eigenvalue weighted by Gasteiger charge is 2.39. The van der Waals surface area contributed by atoms with Crippen LogP contribution in [0.25, 0.3) is 0 Å². The summed E-state index contributed by atoms with van der Waals surface area (Å²) in [4.78, 5) is 18.1. The van der Waals surface area contributed by atoms with Crippen LogP contribution in [0.2, 0.25) is 0 Å². The maximum Gasteiger partial charge on any atom is 0.338 e. The van der Waals surface area contributed by atoms with Crippen molar-refractivity contribution in [2.45, 2.75) is 12.2 Å². The maximum atomic E-state index is 11.7. The van der Waals surface area contributed by atoms with Gasteiger partial charge in [0.2, 0.25) is 5.60 Å². The van der Waals surface area contributed by atoms with Gasteiger partial charge in [-0.1, -0.05) is 102 Å². The quantitative estimate of drug-likeness (QED) is 0.174. The van der Waals surface area contributed by atoms with Crippen LogP contribution in [0.15, 0.2) is 114 Å². The fraction of sp³-hybridized carbons (Fsp3) is 0.0714. The minimum atomic E-state index is -0.921. The smallest absolute Gasteiger partial charge is 0.338 e. The second-order valence-corrected chi connectivity index (χ2v) is 7.60. The second kappa shape index (κ2) is 8.52. The summed E-state index contributed by atoms with van der Waals surface area (Å²) in [7, 11) is 0. The number of esters is 1. The van der Waals surface area contributed by atoms with E-state index in [1.54, 1.807) is 12.3 Å². The predicted octanol–water partition coefficient (Wildman–Crippen LogP) is 5.70. The van der Waals surface area contributed by atoms with Gasteiger partial charge in [0.15, 0.2) is 0 Å². The third-order valence-corrected chi connectivity index (χ3v) is 5.64. The molecule has 32 heavy (non-hydrogen) atoms. The van der Waals surface area contributed by atoms with E-state index in [0.29, 0.717) is 12.2 Å². The second-order valence-electron chi connectivity index (χ2n) is 7.60. The Bertz CT molecular complexity index is 1160. The van der Waals surface area contributed by atoms with Crippen LogP contribution in [0.4, 0.5) is 0 Å². The Kier molecular flexibility index (Phi) is 5.26. The molecule has 0 saturated heterocycles. The number of ether oxygens (including phenoxy) is 1. The third kappa shape index (κ3) is 3.56. The molecule has 4 heteroatoms. The lowest BCUT2D eigenvalue weighted by atomic mass is 9.80. The van der Waals surface area contributed by atoms with Gasteiger partial charge in [0.05, 0.1) is 11.8 Å². The van der Waals surface area contributed by atoms with E-state index in [1.165, 1.54) is 0 Å². The molecule has 0 aromatic heterocycles. The summed E-state index contributed by atoms with van der Waals surface area (Å²) in [6.07, 6.45) is 1.67. The molecule has 0 spiro atoms. The Hall–Kier alpha value is -4.18. The molecule has 0 N–H and O–H groups in total. The predicted molar refractivity (Wildman–Crippen MR) is 123 cm³/mol. The summed E-state index contributed by atoms with van der Waals surface area (Å²) in [5, 5.41) is 4.44. The number of rotatable bonds is 6. The van der Waals surface area contributed by atoms with E-state index in [9.17, 15) is 4.79 Å². The average Bonchev–Trinajstić information content (AvgIpc) is 3.23. The molecular formula is C28H21NO3. The molecule has 0 fully saturated rings. The highest BCUT2D eigenvalue weighted by molar-refractivity contribution is 5.94. The number of cyclic esters (lactones) is 1. The number of nitrogens with zero attached hydrogens (tertiary/aromatic N) is 1. The Morgan fingerprint density at radius 2 is 1.28 bits per heavy atom. The van der Waals surface area contributed by atoms with Gasteiger partial charge in [-0.15, -0.1) is 0 Å². The largest absolute Gasteiger partial charge is 0.457 e. The molecule has 0 amide bonds. The minimum Gasteiger partial charge on any atom is -0.457 e. The molecular weight excluding hydrogens is 398 g/mol. The lowest BCUT2D eigenvalue weighted by Gasteiger charge is -2.33. The summed E-state index contributed by atoms with van der Waals surface area (Å²) in [5.74, 6) is -0.281. The summed E-state index contributed by atoms with van der Waals surface area (Å²) in [6.45, 7) is 0.290. The van der Waals surface area contributed by atoms with E-state index in [4.69, 9.17) is 9.57 Å². The molecule has 1 heterocycles. The van der Waals surface area contributed by atoms with Gasteiger partial charge in [0.25, 0.3) is 0 Å². The molecule has 4 nitrogen and oxygen atoms in total. The number of benzene rings is 4. The zero-order chi connectivity index (χ0) is 21.8. The van der Waals surface area contributed by atoms with Crippen LogP contribution in [-0.2, 0) is 21.8 Å². The van der Waals surface area contributed by atoms with Gasteiger partial charge in [0.1, 0.15) is 6.61 Å². The molecule has 0 aliphatic carbocycles. The summed E-state index contributed by atoms with van der Waals surface area (Å²) >= 11 is 0. The molecule has 4 aromatic rings. The first-order valence-electron chi connectivity index (χ1n) is 10.5. The Balaban J connectivity index is 1.59. The van der Waals surface area contributed by atoms with Crippen LogP contribution in [0.3, 0.4) is 0 Å². The van der Waals surface area contributed by atoms with Crippen LogP contribution in [0.5, 0.6) is 0 Å². The Labute approximate surface area is 186 Å². The number of carbonyl (C=O) groups is 1. The molecule has 0 radical (unpaired) electrons. The van der Waals surface area contributed by atoms with Crippen molar-refractivity contribution in [2.24, 2.45) is 5.16 Å². The number of carbonyl (C=O) groups excluding carboxylic acids is 1. The average molecular weight is 419 g/mol. The standard InChI is InChI=1S/C28H21NO3/c30-27-26-17-16-21(18-22(26)20-31-27)19-29-32-28(23-10-4-1-5-11-23,24-12-6-2-7-13-24)25-14-8-3-9-15-25/h1-19H,20H2/b29-19-. The highest BCUT2D eigenvalue weighted by Crippen LogP contribution is 2.40. The van der Waals surface area contributed by atoms with Gasteiger partial charge >= 0.3 is 5.97 Å². The fourth-order valence-corrected chi connectivity index (χ4v) is 4.08. The first-order chi connectivity index (χ1) is 15.8. The molecule has 0 atom stereocenters. The van der Waals surface area contributed by atoms with Gasteiger partial charge < -0.3 is 9.57 Å². The number of fused-ring (bicyclic) bond motifs is 1. The summed E-state index contributed by atoms with van der Waals surface area (Å²) in [6, 6.07) is 35.8. The number of hydrogen-bond acceptors (Lipinski definition) is 4. The van der Waals surface area contributed by atoms with Crippen molar-refractivity contribution < 1.29 is 14.4 Å². The maximum absolute atomic E-state index is 11.7. The zero-order valence-electron chi connectivity index (χ0n) is 17.3. The SMILES string of the molecule is O=C1OCc2cc(/C=N\OC(c3ccccc3)(c3ccccc3)c3ccccc3)ccc21. The molecule has 1 aliphatic rings. The van der Waals surface area contributed by atoms with Crippen LogP contribution in [0, 0.1) is 0 Å². The molecule has 0 unspecified atom stereocenters. The molecule has 5 rings (SSSR count). The molecule has 0 saturated carbocycles. The van der Waals surface area contributed by atoms with Crippen molar-refractivity contribution in [2.75, 3.05) is 0 Å². The lowest BCUT2D eigenvalue weighted by Crippen LogP contribution is -2.31. The minimum absolute atomic E-state index is 0.281. The van der Waals surface area contributed by atoms with E-state index < -0.39 is 5.60 Å².